The van der Waals surface area contributed by atoms with Crippen molar-refractivity contribution in [3.63, 3.8) is 0 Å². The summed E-state index contributed by atoms with van der Waals surface area (Å²) in [7, 11) is 0. The summed E-state index contributed by atoms with van der Waals surface area (Å²) in [4.78, 5) is 14.1. The third-order valence-corrected chi connectivity index (χ3v) is 5.05. The Bertz CT molecular complexity index is 533. The van der Waals surface area contributed by atoms with Crippen molar-refractivity contribution < 1.29 is 9.90 Å². The van der Waals surface area contributed by atoms with Gasteiger partial charge in [-0.15, -0.1) is 0 Å². The fraction of sp³-hybridized carbons (Fsp3) is 0.533. The average Bonchev–Trinajstić information content (AvgIpc) is 2.80. The van der Waals surface area contributed by atoms with Gasteiger partial charge in [0.15, 0.2) is 0 Å². The normalized spacial score (nSPS) is 27.1. The van der Waals surface area contributed by atoms with E-state index in [-0.39, 0.29) is 17.9 Å². The van der Waals surface area contributed by atoms with E-state index in [1.54, 1.807) is 6.92 Å². The number of aliphatic hydroxyl groups excluding tert-OH is 1. The average molecular weight is 339 g/mol. The van der Waals surface area contributed by atoms with Crippen molar-refractivity contribution >= 4 is 27.5 Å². The molecule has 2 heterocycles. The lowest BCUT2D eigenvalue weighted by molar-refractivity contribution is -0.122. The molecular formula is C15H19BrN2O2. The van der Waals surface area contributed by atoms with Gasteiger partial charge in [-0.3, -0.25) is 4.79 Å². The molecule has 2 N–H and O–H groups in total. The van der Waals surface area contributed by atoms with Crippen LogP contribution in [0.3, 0.4) is 0 Å². The van der Waals surface area contributed by atoms with Crippen LogP contribution in [0.25, 0.3) is 0 Å². The molecule has 0 radical (unpaired) electrons. The predicted molar refractivity (Wildman–Crippen MR) is 81.6 cm³/mol. The summed E-state index contributed by atoms with van der Waals surface area (Å²) in [6, 6.07) is 6.31. The zero-order valence-corrected chi connectivity index (χ0v) is 13.1. The number of rotatable bonds is 2. The van der Waals surface area contributed by atoms with Gasteiger partial charge in [0.05, 0.1) is 18.1 Å². The first-order valence-electron chi connectivity index (χ1n) is 7.10. The molecule has 2 aliphatic rings. The molecule has 2 saturated heterocycles. The van der Waals surface area contributed by atoms with Gasteiger partial charge in [0, 0.05) is 23.2 Å². The third kappa shape index (κ3) is 2.33. The molecular weight excluding hydrogens is 320 g/mol. The fourth-order valence-electron chi connectivity index (χ4n) is 3.31. The number of fused-ring (bicyclic) bond motifs is 1. The van der Waals surface area contributed by atoms with Crippen molar-refractivity contribution in [1.82, 2.24) is 5.32 Å². The lowest BCUT2D eigenvalue weighted by atomic mass is 9.91. The molecule has 1 amide bonds. The molecule has 1 aromatic carbocycles. The Morgan fingerprint density at radius 2 is 2.30 bits per heavy atom. The number of hydrogen-bond donors (Lipinski definition) is 2. The smallest absolute Gasteiger partial charge is 0.225 e. The lowest BCUT2D eigenvalue weighted by Gasteiger charge is -2.38. The molecule has 108 valence electrons. The molecule has 0 saturated carbocycles. The quantitative estimate of drug-likeness (QED) is 0.869. The summed E-state index contributed by atoms with van der Waals surface area (Å²) >= 11 is 3.53. The van der Waals surface area contributed by atoms with Crippen molar-refractivity contribution in [3.05, 3.63) is 28.2 Å². The van der Waals surface area contributed by atoms with E-state index < -0.39 is 6.10 Å². The second-order valence-corrected chi connectivity index (χ2v) is 6.49. The van der Waals surface area contributed by atoms with E-state index in [9.17, 15) is 9.90 Å². The summed E-state index contributed by atoms with van der Waals surface area (Å²) in [6.45, 7) is 3.48. The van der Waals surface area contributed by atoms with E-state index in [0.29, 0.717) is 0 Å². The summed E-state index contributed by atoms with van der Waals surface area (Å²) in [5, 5.41) is 12.7. The molecule has 0 bridgehead atoms. The lowest BCUT2D eigenvalue weighted by Crippen LogP contribution is -2.45. The third-order valence-electron chi connectivity index (χ3n) is 4.37. The van der Waals surface area contributed by atoms with Gasteiger partial charge in [0.2, 0.25) is 5.91 Å². The number of halogens is 1. The molecule has 4 nitrogen and oxygen atoms in total. The summed E-state index contributed by atoms with van der Waals surface area (Å²) in [6.07, 6.45) is 1.55. The molecule has 20 heavy (non-hydrogen) atoms. The highest BCUT2D eigenvalue weighted by atomic mass is 79.9. The van der Waals surface area contributed by atoms with E-state index in [4.69, 9.17) is 0 Å². The highest BCUT2D eigenvalue weighted by Crippen LogP contribution is 2.34. The van der Waals surface area contributed by atoms with Crippen molar-refractivity contribution in [1.29, 1.82) is 0 Å². The topological polar surface area (TPSA) is 52.6 Å². The molecule has 2 unspecified atom stereocenters. The van der Waals surface area contributed by atoms with Crippen molar-refractivity contribution in [2.75, 3.05) is 18.0 Å². The minimum atomic E-state index is -0.484. The van der Waals surface area contributed by atoms with Gasteiger partial charge in [0.1, 0.15) is 0 Å². The van der Waals surface area contributed by atoms with E-state index in [1.165, 1.54) is 0 Å². The van der Waals surface area contributed by atoms with Gasteiger partial charge >= 0.3 is 0 Å². The van der Waals surface area contributed by atoms with Crippen LogP contribution in [0.5, 0.6) is 0 Å². The van der Waals surface area contributed by atoms with Gasteiger partial charge in [0.25, 0.3) is 0 Å². The Morgan fingerprint density at radius 1 is 1.50 bits per heavy atom. The number of benzene rings is 1. The fourth-order valence-corrected chi connectivity index (χ4v) is 4.00. The van der Waals surface area contributed by atoms with Gasteiger partial charge in [-0.05, 0) is 37.5 Å². The summed E-state index contributed by atoms with van der Waals surface area (Å²) in [5.41, 5.74) is 2.01. The predicted octanol–water partition coefficient (Wildman–Crippen LogP) is 2.22. The standard InChI is InChI=1S/C15H19BrN2O2/c1-9(19)11-5-4-10(7-13(11)16)18-6-2-3-12-14(18)8-17-15(12)20/h4-5,7,9,12,14,19H,2-3,6,8H2,1H3,(H,17,20)/t9-,12?,14?/m1/s1. The minimum absolute atomic E-state index is 0.124. The zero-order valence-electron chi connectivity index (χ0n) is 11.5. The summed E-state index contributed by atoms with van der Waals surface area (Å²) in [5.74, 6) is 0.318. The molecule has 1 aromatic rings. The molecule has 3 rings (SSSR count). The van der Waals surface area contributed by atoms with Crippen LogP contribution in [0.1, 0.15) is 31.4 Å². The highest BCUT2D eigenvalue weighted by molar-refractivity contribution is 9.10. The van der Waals surface area contributed by atoms with Crippen LogP contribution in [0.4, 0.5) is 5.69 Å². The number of amides is 1. The van der Waals surface area contributed by atoms with Gasteiger partial charge in [-0.25, -0.2) is 0 Å². The van der Waals surface area contributed by atoms with Crippen LogP contribution < -0.4 is 10.2 Å². The maximum Gasteiger partial charge on any atom is 0.225 e. The minimum Gasteiger partial charge on any atom is -0.389 e. The van der Waals surface area contributed by atoms with Gasteiger partial charge in [-0.2, -0.15) is 0 Å². The molecule has 0 aromatic heterocycles. The van der Waals surface area contributed by atoms with Crippen molar-refractivity contribution in [2.24, 2.45) is 5.92 Å². The maximum absolute atomic E-state index is 11.8. The molecule has 2 aliphatic heterocycles. The maximum atomic E-state index is 11.8. The molecule has 2 fully saturated rings. The molecule has 3 atom stereocenters. The first-order chi connectivity index (χ1) is 9.58. The number of anilines is 1. The largest absolute Gasteiger partial charge is 0.389 e. The zero-order chi connectivity index (χ0) is 14.3. The number of carbonyl (C=O) groups is 1. The molecule has 0 spiro atoms. The SMILES string of the molecule is C[C@@H](O)c1ccc(N2CCCC3C(=O)NCC32)cc1Br. The van der Waals surface area contributed by atoms with Crippen molar-refractivity contribution in [3.8, 4) is 0 Å². The van der Waals surface area contributed by atoms with Gasteiger partial charge < -0.3 is 15.3 Å². The number of carbonyl (C=O) groups excluding carboxylic acids is 1. The first-order valence-corrected chi connectivity index (χ1v) is 7.89. The Balaban J connectivity index is 1.89. The van der Waals surface area contributed by atoms with E-state index in [2.05, 4.69) is 26.1 Å². The van der Waals surface area contributed by atoms with Crippen LogP contribution in [-0.4, -0.2) is 30.1 Å². The number of hydrogen-bond acceptors (Lipinski definition) is 3. The molecule has 0 aliphatic carbocycles. The second kappa shape index (κ2) is 5.37. The Kier molecular flexibility index (Phi) is 3.73. The second-order valence-electron chi connectivity index (χ2n) is 5.64. The van der Waals surface area contributed by atoms with E-state index >= 15 is 0 Å². The number of aliphatic hydroxyl groups is 1. The number of nitrogens with zero attached hydrogens (tertiary/aromatic N) is 1. The Hall–Kier alpha value is -1.07. The number of piperidine rings is 1. The van der Waals surface area contributed by atoms with E-state index in [1.807, 2.05) is 18.2 Å². The van der Waals surface area contributed by atoms with Crippen LogP contribution in [0, 0.1) is 5.92 Å². The highest BCUT2D eigenvalue weighted by Gasteiger charge is 2.40. The van der Waals surface area contributed by atoms with Crippen LogP contribution in [-0.2, 0) is 4.79 Å². The Morgan fingerprint density at radius 3 is 3.00 bits per heavy atom. The van der Waals surface area contributed by atoms with Crippen LogP contribution in [0.15, 0.2) is 22.7 Å². The summed E-state index contributed by atoms with van der Waals surface area (Å²) < 4.78 is 0.921. The van der Waals surface area contributed by atoms with Crippen LogP contribution >= 0.6 is 15.9 Å². The van der Waals surface area contributed by atoms with Crippen molar-refractivity contribution in [2.45, 2.75) is 31.9 Å². The van der Waals surface area contributed by atoms with Gasteiger partial charge in [-0.1, -0.05) is 22.0 Å². The van der Waals surface area contributed by atoms with E-state index in [0.717, 1.165) is 41.7 Å². The first kappa shape index (κ1) is 13.9. The number of nitrogens with one attached hydrogen (secondary N) is 1. The Labute approximate surface area is 127 Å². The molecule has 5 heteroatoms. The van der Waals surface area contributed by atoms with Crippen LogP contribution in [0.2, 0.25) is 0 Å². The monoisotopic (exact) mass is 338 g/mol.